The average molecular weight is 312 g/mol. The maximum absolute atomic E-state index is 13.9. The molecule has 0 fully saturated rings. The molecular formula is C16H16Cl2FN. The van der Waals surface area contributed by atoms with Crippen LogP contribution in [0, 0.1) is 11.7 Å². The highest BCUT2D eigenvalue weighted by molar-refractivity contribution is 6.31. The Bertz CT molecular complexity index is 586. The van der Waals surface area contributed by atoms with Crippen molar-refractivity contribution in [3.8, 4) is 0 Å². The lowest BCUT2D eigenvalue weighted by molar-refractivity contribution is 0.512. The van der Waals surface area contributed by atoms with Gasteiger partial charge in [-0.1, -0.05) is 47.5 Å². The average Bonchev–Trinajstić information content (AvgIpc) is 2.43. The SMILES string of the molecule is NCC(Cc1cccc(Cl)c1)Cc1cccc(Cl)c1F. The fourth-order valence-electron chi connectivity index (χ4n) is 2.25. The Balaban J connectivity index is 2.11. The summed E-state index contributed by atoms with van der Waals surface area (Å²) in [5, 5.41) is 0.855. The standard InChI is InChI=1S/C16H16Cl2FN/c17-14-5-1-3-11(9-14)7-12(10-20)8-13-4-2-6-15(18)16(13)19/h1-6,9,12H,7-8,10,20H2. The van der Waals surface area contributed by atoms with Crippen LogP contribution in [0.3, 0.4) is 0 Å². The molecule has 2 aromatic carbocycles. The van der Waals surface area contributed by atoms with Crippen molar-refractivity contribution >= 4 is 23.2 Å². The lowest BCUT2D eigenvalue weighted by atomic mass is 9.92. The van der Waals surface area contributed by atoms with Gasteiger partial charge in [-0.2, -0.15) is 0 Å². The van der Waals surface area contributed by atoms with Gasteiger partial charge in [-0.05, 0) is 54.6 Å². The summed E-state index contributed by atoms with van der Waals surface area (Å²) in [5.41, 5.74) is 7.52. The minimum atomic E-state index is -0.348. The molecule has 1 atom stereocenters. The lowest BCUT2D eigenvalue weighted by Gasteiger charge is -2.16. The maximum atomic E-state index is 13.9. The van der Waals surface area contributed by atoms with E-state index in [1.54, 1.807) is 18.2 Å². The van der Waals surface area contributed by atoms with Gasteiger partial charge >= 0.3 is 0 Å². The summed E-state index contributed by atoms with van der Waals surface area (Å²) in [6, 6.07) is 12.7. The van der Waals surface area contributed by atoms with Crippen molar-refractivity contribution in [2.24, 2.45) is 11.7 Å². The predicted octanol–water partition coefficient (Wildman–Crippen LogP) is 4.49. The molecule has 106 valence electrons. The third-order valence-corrected chi connectivity index (χ3v) is 3.81. The summed E-state index contributed by atoms with van der Waals surface area (Å²) < 4.78 is 13.9. The maximum Gasteiger partial charge on any atom is 0.144 e. The number of benzene rings is 2. The Kier molecular flexibility index (Phi) is 5.41. The van der Waals surface area contributed by atoms with Crippen LogP contribution in [-0.4, -0.2) is 6.54 Å². The van der Waals surface area contributed by atoms with E-state index in [2.05, 4.69) is 0 Å². The number of halogens is 3. The zero-order chi connectivity index (χ0) is 14.5. The highest BCUT2D eigenvalue weighted by Crippen LogP contribution is 2.22. The van der Waals surface area contributed by atoms with Crippen LogP contribution in [0.2, 0.25) is 10.0 Å². The number of rotatable bonds is 5. The Morgan fingerprint density at radius 2 is 1.80 bits per heavy atom. The normalized spacial score (nSPS) is 12.4. The van der Waals surface area contributed by atoms with Gasteiger partial charge in [0.05, 0.1) is 5.02 Å². The summed E-state index contributed by atoms with van der Waals surface area (Å²) in [4.78, 5) is 0. The van der Waals surface area contributed by atoms with E-state index >= 15 is 0 Å². The van der Waals surface area contributed by atoms with Crippen molar-refractivity contribution in [1.82, 2.24) is 0 Å². The second-order valence-corrected chi connectivity index (χ2v) is 5.70. The molecule has 0 aliphatic carbocycles. The van der Waals surface area contributed by atoms with Gasteiger partial charge in [0.1, 0.15) is 5.82 Å². The topological polar surface area (TPSA) is 26.0 Å². The summed E-state index contributed by atoms with van der Waals surface area (Å²) in [7, 11) is 0. The largest absolute Gasteiger partial charge is 0.330 e. The van der Waals surface area contributed by atoms with Crippen molar-refractivity contribution < 1.29 is 4.39 Å². The van der Waals surface area contributed by atoms with Gasteiger partial charge < -0.3 is 5.73 Å². The molecule has 0 spiro atoms. The monoisotopic (exact) mass is 311 g/mol. The summed E-state index contributed by atoms with van der Waals surface area (Å²) in [6.45, 7) is 0.485. The van der Waals surface area contributed by atoms with Gasteiger partial charge in [0.25, 0.3) is 0 Å². The van der Waals surface area contributed by atoms with Crippen LogP contribution in [0.1, 0.15) is 11.1 Å². The van der Waals surface area contributed by atoms with E-state index in [0.29, 0.717) is 23.6 Å². The van der Waals surface area contributed by atoms with E-state index in [9.17, 15) is 4.39 Å². The van der Waals surface area contributed by atoms with Crippen LogP contribution in [0.25, 0.3) is 0 Å². The molecule has 1 unspecified atom stereocenters. The fourth-order valence-corrected chi connectivity index (χ4v) is 2.66. The first-order chi connectivity index (χ1) is 9.60. The molecule has 1 nitrogen and oxygen atoms in total. The molecule has 0 amide bonds. The molecule has 20 heavy (non-hydrogen) atoms. The molecule has 0 heterocycles. The van der Waals surface area contributed by atoms with Gasteiger partial charge in [-0.25, -0.2) is 4.39 Å². The first-order valence-corrected chi connectivity index (χ1v) is 7.23. The Labute approximate surface area is 128 Å². The summed E-state index contributed by atoms with van der Waals surface area (Å²) in [6.07, 6.45) is 1.33. The van der Waals surface area contributed by atoms with E-state index in [4.69, 9.17) is 28.9 Å². The molecule has 0 aliphatic heterocycles. The molecular weight excluding hydrogens is 296 g/mol. The molecule has 0 saturated carbocycles. The van der Waals surface area contributed by atoms with Gasteiger partial charge in [0.2, 0.25) is 0 Å². The Hall–Kier alpha value is -1.09. The Morgan fingerprint density at radius 1 is 1.05 bits per heavy atom. The molecule has 0 radical (unpaired) electrons. The first-order valence-electron chi connectivity index (χ1n) is 6.47. The van der Waals surface area contributed by atoms with Crippen molar-refractivity contribution in [3.63, 3.8) is 0 Å². The van der Waals surface area contributed by atoms with Crippen LogP contribution in [-0.2, 0) is 12.8 Å². The molecule has 0 saturated heterocycles. The van der Waals surface area contributed by atoms with Gasteiger partial charge in [0, 0.05) is 5.02 Å². The predicted molar refractivity (Wildman–Crippen MR) is 82.8 cm³/mol. The Morgan fingerprint density at radius 3 is 2.50 bits per heavy atom. The summed E-state index contributed by atoms with van der Waals surface area (Å²) >= 11 is 11.8. The van der Waals surface area contributed by atoms with Crippen LogP contribution >= 0.6 is 23.2 Å². The van der Waals surface area contributed by atoms with Crippen molar-refractivity contribution in [2.45, 2.75) is 12.8 Å². The molecule has 4 heteroatoms. The van der Waals surface area contributed by atoms with Crippen LogP contribution in [0.15, 0.2) is 42.5 Å². The van der Waals surface area contributed by atoms with E-state index in [0.717, 1.165) is 12.0 Å². The molecule has 0 aromatic heterocycles. The molecule has 2 N–H and O–H groups in total. The highest BCUT2D eigenvalue weighted by Gasteiger charge is 2.13. The second kappa shape index (κ2) is 7.07. The molecule has 0 bridgehead atoms. The van der Waals surface area contributed by atoms with E-state index < -0.39 is 0 Å². The second-order valence-electron chi connectivity index (χ2n) is 4.85. The quantitative estimate of drug-likeness (QED) is 0.865. The van der Waals surface area contributed by atoms with E-state index in [1.165, 1.54) is 0 Å². The molecule has 2 aromatic rings. The van der Waals surface area contributed by atoms with Gasteiger partial charge in [-0.3, -0.25) is 0 Å². The van der Waals surface area contributed by atoms with Crippen LogP contribution in [0.5, 0.6) is 0 Å². The van der Waals surface area contributed by atoms with E-state index in [-0.39, 0.29) is 16.8 Å². The highest BCUT2D eigenvalue weighted by atomic mass is 35.5. The van der Waals surface area contributed by atoms with Gasteiger partial charge in [0.15, 0.2) is 0 Å². The summed E-state index contributed by atoms with van der Waals surface area (Å²) in [5.74, 6) is -0.194. The number of nitrogens with two attached hydrogens (primary N) is 1. The third-order valence-electron chi connectivity index (χ3n) is 3.29. The van der Waals surface area contributed by atoms with Crippen LogP contribution < -0.4 is 5.73 Å². The van der Waals surface area contributed by atoms with E-state index in [1.807, 2.05) is 24.3 Å². The minimum Gasteiger partial charge on any atom is -0.330 e. The smallest absolute Gasteiger partial charge is 0.144 e. The van der Waals surface area contributed by atoms with Crippen molar-refractivity contribution in [2.75, 3.05) is 6.54 Å². The van der Waals surface area contributed by atoms with Crippen LogP contribution in [0.4, 0.5) is 4.39 Å². The lowest BCUT2D eigenvalue weighted by Crippen LogP contribution is -2.20. The third kappa shape index (κ3) is 3.95. The van der Waals surface area contributed by atoms with Crippen molar-refractivity contribution in [3.05, 3.63) is 69.5 Å². The minimum absolute atomic E-state index is 0.154. The number of hydrogen-bond acceptors (Lipinski definition) is 1. The molecule has 2 rings (SSSR count). The first kappa shape index (κ1) is 15.3. The zero-order valence-corrected chi connectivity index (χ0v) is 12.5. The van der Waals surface area contributed by atoms with Crippen molar-refractivity contribution in [1.29, 1.82) is 0 Å². The molecule has 0 aliphatic rings. The number of hydrogen-bond donors (Lipinski definition) is 1. The zero-order valence-electron chi connectivity index (χ0n) is 11.0. The van der Waals surface area contributed by atoms with Gasteiger partial charge in [-0.15, -0.1) is 0 Å². The fraction of sp³-hybridized carbons (Fsp3) is 0.250.